The Morgan fingerprint density at radius 3 is 3.08 bits per heavy atom. The van der Waals surface area contributed by atoms with E-state index in [1.54, 1.807) is 18.4 Å². The molecule has 0 saturated heterocycles. The van der Waals surface area contributed by atoms with Gasteiger partial charge in [0.1, 0.15) is 0 Å². The predicted molar refractivity (Wildman–Crippen MR) is 48.3 cm³/mol. The van der Waals surface area contributed by atoms with Crippen molar-refractivity contribution in [3.63, 3.8) is 0 Å². The molecule has 1 aromatic heterocycles. The van der Waals surface area contributed by atoms with E-state index in [2.05, 4.69) is 5.32 Å². The lowest BCUT2D eigenvalue weighted by molar-refractivity contribution is 0.0924. The SMILES string of the molecule is C[C@H](O)CNC(=O)c1ccsc1. The number of hydrogen-bond acceptors (Lipinski definition) is 3. The molecule has 1 heterocycles. The largest absolute Gasteiger partial charge is 0.392 e. The lowest BCUT2D eigenvalue weighted by Crippen LogP contribution is -2.30. The summed E-state index contributed by atoms with van der Waals surface area (Å²) >= 11 is 1.48. The van der Waals surface area contributed by atoms with Gasteiger partial charge < -0.3 is 10.4 Å². The molecule has 3 nitrogen and oxygen atoms in total. The average Bonchev–Trinajstić information content (AvgIpc) is 2.51. The van der Waals surface area contributed by atoms with E-state index in [9.17, 15) is 4.79 Å². The van der Waals surface area contributed by atoms with Gasteiger partial charge in [0.25, 0.3) is 5.91 Å². The Morgan fingerprint density at radius 2 is 2.58 bits per heavy atom. The minimum Gasteiger partial charge on any atom is -0.392 e. The summed E-state index contributed by atoms with van der Waals surface area (Å²) in [6.07, 6.45) is -0.493. The van der Waals surface area contributed by atoms with Crippen molar-refractivity contribution in [1.82, 2.24) is 5.32 Å². The molecule has 4 heteroatoms. The van der Waals surface area contributed by atoms with Crippen LogP contribution in [0.3, 0.4) is 0 Å². The zero-order chi connectivity index (χ0) is 8.97. The van der Waals surface area contributed by atoms with Gasteiger partial charge in [-0.25, -0.2) is 0 Å². The standard InChI is InChI=1S/C8H11NO2S/c1-6(10)4-9-8(11)7-2-3-12-5-7/h2-3,5-6,10H,4H2,1H3,(H,9,11)/t6-/m0/s1. The van der Waals surface area contributed by atoms with E-state index in [1.807, 2.05) is 5.38 Å². The average molecular weight is 185 g/mol. The third-order valence-corrected chi connectivity index (χ3v) is 2.02. The maximum atomic E-state index is 11.2. The summed E-state index contributed by atoms with van der Waals surface area (Å²) in [7, 11) is 0. The molecule has 1 amide bonds. The quantitative estimate of drug-likeness (QED) is 0.733. The number of carbonyl (C=O) groups is 1. The van der Waals surface area contributed by atoms with E-state index >= 15 is 0 Å². The highest BCUT2D eigenvalue weighted by atomic mass is 32.1. The number of rotatable bonds is 3. The molecule has 12 heavy (non-hydrogen) atoms. The number of hydrogen-bond donors (Lipinski definition) is 2. The van der Waals surface area contributed by atoms with Crippen LogP contribution in [-0.2, 0) is 0 Å². The summed E-state index contributed by atoms with van der Waals surface area (Å²) in [5.41, 5.74) is 0.653. The highest BCUT2D eigenvalue weighted by Crippen LogP contribution is 2.04. The molecular weight excluding hydrogens is 174 g/mol. The van der Waals surface area contributed by atoms with E-state index in [0.29, 0.717) is 12.1 Å². The molecule has 0 aliphatic rings. The summed E-state index contributed by atoms with van der Waals surface area (Å²) in [6, 6.07) is 1.75. The first-order chi connectivity index (χ1) is 5.70. The van der Waals surface area contributed by atoms with Crippen molar-refractivity contribution in [2.24, 2.45) is 0 Å². The third kappa shape index (κ3) is 2.64. The van der Waals surface area contributed by atoms with Gasteiger partial charge in [0, 0.05) is 17.5 Å². The van der Waals surface area contributed by atoms with Crippen LogP contribution in [0.2, 0.25) is 0 Å². The maximum absolute atomic E-state index is 11.2. The van der Waals surface area contributed by atoms with Crippen molar-refractivity contribution in [1.29, 1.82) is 0 Å². The first kappa shape index (κ1) is 9.22. The molecule has 0 aromatic carbocycles. The van der Waals surface area contributed by atoms with E-state index < -0.39 is 6.10 Å². The number of carbonyl (C=O) groups excluding carboxylic acids is 1. The molecule has 0 bridgehead atoms. The lowest BCUT2D eigenvalue weighted by atomic mass is 10.3. The number of aliphatic hydroxyl groups excluding tert-OH is 1. The Balaban J connectivity index is 2.40. The van der Waals surface area contributed by atoms with Crippen LogP contribution in [0.25, 0.3) is 0 Å². The topological polar surface area (TPSA) is 49.3 Å². The van der Waals surface area contributed by atoms with Gasteiger partial charge in [0.15, 0.2) is 0 Å². The fraction of sp³-hybridized carbons (Fsp3) is 0.375. The van der Waals surface area contributed by atoms with Crippen LogP contribution in [0.15, 0.2) is 16.8 Å². The fourth-order valence-electron chi connectivity index (χ4n) is 0.736. The van der Waals surface area contributed by atoms with Crippen molar-refractivity contribution in [2.45, 2.75) is 13.0 Å². The second-order valence-electron chi connectivity index (χ2n) is 2.57. The molecule has 0 fully saturated rings. The highest BCUT2D eigenvalue weighted by molar-refractivity contribution is 7.08. The zero-order valence-electron chi connectivity index (χ0n) is 6.78. The minimum atomic E-state index is -0.493. The molecular formula is C8H11NO2S. The lowest BCUT2D eigenvalue weighted by Gasteiger charge is -2.04. The van der Waals surface area contributed by atoms with Crippen molar-refractivity contribution in [3.05, 3.63) is 22.4 Å². The summed E-state index contributed by atoms with van der Waals surface area (Å²) in [5.74, 6) is -0.128. The Morgan fingerprint density at radius 1 is 1.83 bits per heavy atom. The smallest absolute Gasteiger partial charge is 0.252 e. The van der Waals surface area contributed by atoms with Gasteiger partial charge in [-0.05, 0) is 18.4 Å². The molecule has 1 atom stereocenters. The van der Waals surface area contributed by atoms with Crippen molar-refractivity contribution in [3.8, 4) is 0 Å². The second-order valence-corrected chi connectivity index (χ2v) is 3.35. The van der Waals surface area contributed by atoms with Crippen LogP contribution >= 0.6 is 11.3 Å². The first-order valence-corrected chi connectivity index (χ1v) is 4.63. The Labute approximate surface area is 75.0 Å². The van der Waals surface area contributed by atoms with Gasteiger partial charge in [-0.1, -0.05) is 0 Å². The molecule has 0 aliphatic heterocycles. The van der Waals surface area contributed by atoms with Crippen LogP contribution in [0, 0.1) is 0 Å². The van der Waals surface area contributed by atoms with E-state index in [4.69, 9.17) is 5.11 Å². The van der Waals surface area contributed by atoms with Crippen LogP contribution in [0.1, 0.15) is 17.3 Å². The summed E-state index contributed by atoms with van der Waals surface area (Å²) in [5, 5.41) is 15.1. The minimum absolute atomic E-state index is 0.128. The summed E-state index contributed by atoms with van der Waals surface area (Å²) in [4.78, 5) is 11.2. The Bertz CT molecular complexity index is 244. The van der Waals surface area contributed by atoms with E-state index in [-0.39, 0.29) is 5.91 Å². The molecule has 0 radical (unpaired) electrons. The molecule has 0 spiro atoms. The molecule has 1 rings (SSSR count). The summed E-state index contributed by atoms with van der Waals surface area (Å²) in [6.45, 7) is 1.93. The number of amides is 1. The normalized spacial score (nSPS) is 12.5. The molecule has 0 saturated carbocycles. The van der Waals surface area contributed by atoms with Crippen molar-refractivity contribution < 1.29 is 9.90 Å². The fourth-order valence-corrected chi connectivity index (χ4v) is 1.37. The Kier molecular flexibility index (Phi) is 3.25. The monoisotopic (exact) mass is 185 g/mol. The van der Waals surface area contributed by atoms with E-state index in [1.165, 1.54) is 11.3 Å². The van der Waals surface area contributed by atoms with Crippen LogP contribution in [0.5, 0.6) is 0 Å². The van der Waals surface area contributed by atoms with Gasteiger partial charge in [-0.15, -0.1) is 0 Å². The number of nitrogens with one attached hydrogen (secondary N) is 1. The predicted octanol–water partition coefficient (Wildman–Crippen LogP) is 0.859. The highest BCUT2D eigenvalue weighted by Gasteiger charge is 2.05. The molecule has 66 valence electrons. The number of aliphatic hydroxyl groups is 1. The van der Waals surface area contributed by atoms with E-state index in [0.717, 1.165) is 0 Å². The molecule has 1 aromatic rings. The second kappa shape index (κ2) is 4.23. The van der Waals surface area contributed by atoms with Gasteiger partial charge >= 0.3 is 0 Å². The maximum Gasteiger partial charge on any atom is 0.252 e. The first-order valence-electron chi connectivity index (χ1n) is 3.68. The van der Waals surface area contributed by atoms with Crippen molar-refractivity contribution in [2.75, 3.05) is 6.54 Å². The van der Waals surface area contributed by atoms with Gasteiger partial charge in [-0.2, -0.15) is 11.3 Å². The van der Waals surface area contributed by atoms with Crippen LogP contribution in [-0.4, -0.2) is 23.7 Å². The number of thiophene rings is 1. The molecule has 0 unspecified atom stereocenters. The third-order valence-electron chi connectivity index (χ3n) is 1.34. The Hall–Kier alpha value is -0.870. The van der Waals surface area contributed by atoms with Gasteiger partial charge in [0.05, 0.1) is 6.10 Å². The molecule has 2 N–H and O–H groups in total. The summed E-state index contributed by atoms with van der Waals surface area (Å²) < 4.78 is 0. The van der Waals surface area contributed by atoms with Crippen molar-refractivity contribution >= 4 is 17.2 Å². The van der Waals surface area contributed by atoms with Gasteiger partial charge in [0.2, 0.25) is 0 Å². The van der Waals surface area contributed by atoms with Crippen LogP contribution < -0.4 is 5.32 Å². The zero-order valence-corrected chi connectivity index (χ0v) is 7.60. The van der Waals surface area contributed by atoms with Gasteiger partial charge in [-0.3, -0.25) is 4.79 Å². The molecule has 0 aliphatic carbocycles. The van der Waals surface area contributed by atoms with Crippen LogP contribution in [0.4, 0.5) is 0 Å².